The summed E-state index contributed by atoms with van der Waals surface area (Å²) in [5.74, 6) is -0.566. The molecule has 0 saturated carbocycles. The van der Waals surface area contributed by atoms with Crippen LogP contribution in [0.25, 0.3) is 16.9 Å². The zero-order chi connectivity index (χ0) is 24.3. The van der Waals surface area contributed by atoms with Crippen LogP contribution in [0.4, 0.5) is 0 Å². The van der Waals surface area contributed by atoms with E-state index in [0.717, 1.165) is 15.6 Å². The van der Waals surface area contributed by atoms with Crippen LogP contribution in [-0.4, -0.2) is 42.6 Å². The van der Waals surface area contributed by atoms with Crippen molar-refractivity contribution in [3.63, 3.8) is 0 Å². The molecule has 3 aromatic carbocycles. The van der Waals surface area contributed by atoms with Crippen molar-refractivity contribution in [1.29, 1.82) is 0 Å². The van der Waals surface area contributed by atoms with Crippen LogP contribution in [0.15, 0.2) is 90.0 Å². The van der Waals surface area contributed by atoms with Gasteiger partial charge < -0.3 is 4.74 Å². The molecule has 4 aromatic rings. The van der Waals surface area contributed by atoms with Crippen LogP contribution in [0.1, 0.15) is 15.9 Å². The van der Waals surface area contributed by atoms with Gasteiger partial charge in [-0.15, -0.1) is 0 Å². The molecule has 0 aliphatic rings. The van der Waals surface area contributed by atoms with Crippen molar-refractivity contribution in [1.82, 2.24) is 14.1 Å². The Morgan fingerprint density at radius 3 is 2.24 bits per heavy atom. The summed E-state index contributed by atoms with van der Waals surface area (Å²) in [6.07, 6.45) is 1.82. The molecule has 9 heteroatoms. The first kappa shape index (κ1) is 23.7. The summed E-state index contributed by atoms with van der Waals surface area (Å²) in [6.45, 7) is -0.0125. The van der Waals surface area contributed by atoms with Crippen molar-refractivity contribution in [2.24, 2.45) is 0 Å². The zero-order valence-electron chi connectivity index (χ0n) is 18.6. The van der Waals surface area contributed by atoms with E-state index in [1.807, 2.05) is 48.7 Å². The largest absolute Gasteiger partial charge is 0.457 e. The highest BCUT2D eigenvalue weighted by Gasteiger charge is 2.19. The van der Waals surface area contributed by atoms with Gasteiger partial charge in [-0.2, -0.15) is 5.10 Å². The maximum Gasteiger partial charge on any atom is 0.338 e. The lowest BCUT2D eigenvalue weighted by atomic mass is 10.1. The maximum atomic E-state index is 12.7. The highest BCUT2D eigenvalue weighted by atomic mass is 35.5. The lowest BCUT2D eigenvalue weighted by Crippen LogP contribution is -2.22. The zero-order valence-corrected chi connectivity index (χ0v) is 20.1. The lowest BCUT2D eigenvalue weighted by Gasteiger charge is -2.11. The summed E-state index contributed by atoms with van der Waals surface area (Å²) in [5, 5.41) is 5.31. The Balaban J connectivity index is 1.58. The minimum absolute atomic E-state index is 0.0125. The maximum absolute atomic E-state index is 12.7. The predicted molar refractivity (Wildman–Crippen MR) is 130 cm³/mol. The number of rotatable bonds is 7. The number of aromatic nitrogens is 2. The van der Waals surface area contributed by atoms with Crippen molar-refractivity contribution in [3.8, 4) is 16.9 Å². The molecule has 1 heterocycles. The summed E-state index contributed by atoms with van der Waals surface area (Å²) in [4.78, 5) is 12.8. The van der Waals surface area contributed by atoms with Gasteiger partial charge in [-0.25, -0.2) is 22.2 Å². The number of carbonyl (C=O) groups is 1. The van der Waals surface area contributed by atoms with E-state index < -0.39 is 16.0 Å². The number of esters is 1. The van der Waals surface area contributed by atoms with Crippen LogP contribution in [0.2, 0.25) is 5.02 Å². The number of carbonyl (C=O) groups excluding carboxylic acids is 1. The minimum atomic E-state index is -3.58. The molecule has 0 aliphatic carbocycles. The Hall–Kier alpha value is -3.46. The molecule has 0 bridgehead atoms. The van der Waals surface area contributed by atoms with E-state index >= 15 is 0 Å². The average Bonchev–Trinajstić information content (AvgIpc) is 3.28. The molecule has 0 amide bonds. The third-order valence-electron chi connectivity index (χ3n) is 5.16. The van der Waals surface area contributed by atoms with Crippen molar-refractivity contribution >= 4 is 27.6 Å². The molecule has 0 atom stereocenters. The fourth-order valence-corrected chi connectivity index (χ4v) is 4.31. The summed E-state index contributed by atoms with van der Waals surface area (Å²) in [7, 11) is -0.677. The van der Waals surface area contributed by atoms with Crippen LogP contribution < -0.4 is 0 Å². The van der Waals surface area contributed by atoms with E-state index in [4.69, 9.17) is 21.4 Å². The van der Waals surface area contributed by atoms with Crippen LogP contribution in [0.3, 0.4) is 0 Å². The van der Waals surface area contributed by atoms with E-state index in [0.29, 0.717) is 16.3 Å². The van der Waals surface area contributed by atoms with Crippen molar-refractivity contribution in [2.45, 2.75) is 11.5 Å². The SMILES string of the molecule is CN(C)S(=O)(=O)c1ccc(C(=O)OCc2cn(-c3ccccc3)nc2-c2ccc(Cl)cc2)cc1. The van der Waals surface area contributed by atoms with Gasteiger partial charge in [0.2, 0.25) is 10.0 Å². The van der Waals surface area contributed by atoms with Gasteiger partial charge in [0, 0.05) is 36.4 Å². The molecule has 0 N–H and O–H groups in total. The van der Waals surface area contributed by atoms with Crippen molar-refractivity contribution in [3.05, 3.63) is 101 Å². The quantitative estimate of drug-likeness (QED) is 0.344. The molecule has 0 aliphatic heterocycles. The number of hydrogen-bond acceptors (Lipinski definition) is 5. The Bertz CT molecular complexity index is 1400. The summed E-state index contributed by atoms with van der Waals surface area (Å²) in [5.41, 5.74) is 3.34. The first-order valence-corrected chi connectivity index (χ1v) is 12.2. The van der Waals surface area contributed by atoms with E-state index in [2.05, 4.69) is 0 Å². The van der Waals surface area contributed by atoms with Gasteiger partial charge in [-0.3, -0.25) is 0 Å². The first-order valence-electron chi connectivity index (χ1n) is 10.4. The van der Waals surface area contributed by atoms with Gasteiger partial charge in [0.15, 0.2) is 0 Å². The Morgan fingerprint density at radius 2 is 1.62 bits per heavy atom. The molecule has 174 valence electrons. The molecule has 0 fully saturated rings. The fraction of sp³-hybridized carbons (Fsp3) is 0.120. The number of nitrogens with zero attached hydrogens (tertiary/aromatic N) is 3. The van der Waals surface area contributed by atoms with E-state index in [9.17, 15) is 13.2 Å². The van der Waals surface area contributed by atoms with E-state index in [-0.39, 0.29) is 17.1 Å². The van der Waals surface area contributed by atoms with E-state index in [1.165, 1.54) is 38.4 Å². The van der Waals surface area contributed by atoms with Crippen LogP contribution >= 0.6 is 11.6 Å². The number of sulfonamides is 1. The van der Waals surface area contributed by atoms with Crippen LogP contribution in [0.5, 0.6) is 0 Å². The second-order valence-corrected chi connectivity index (χ2v) is 10.3. The highest BCUT2D eigenvalue weighted by molar-refractivity contribution is 7.89. The number of para-hydroxylation sites is 1. The van der Waals surface area contributed by atoms with Crippen molar-refractivity contribution < 1.29 is 17.9 Å². The van der Waals surface area contributed by atoms with Gasteiger partial charge >= 0.3 is 5.97 Å². The Labute approximate surface area is 203 Å². The summed E-state index contributed by atoms with van der Waals surface area (Å²) in [6, 6.07) is 22.5. The topological polar surface area (TPSA) is 81.5 Å². The summed E-state index contributed by atoms with van der Waals surface area (Å²) < 4.78 is 32.8. The minimum Gasteiger partial charge on any atom is -0.457 e. The number of hydrogen-bond donors (Lipinski definition) is 0. The number of halogens is 1. The van der Waals surface area contributed by atoms with E-state index in [1.54, 1.807) is 16.8 Å². The molecular formula is C25H22ClN3O4S. The third-order valence-corrected chi connectivity index (χ3v) is 7.24. The third kappa shape index (κ3) is 5.04. The molecule has 1 aromatic heterocycles. The Kier molecular flexibility index (Phi) is 6.83. The normalized spacial score (nSPS) is 11.5. The van der Waals surface area contributed by atoms with Gasteiger partial charge in [-0.1, -0.05) is 41.9 Å². The lowest BCUT2D eigenvalue weighted by molar-refractivity contribution is 0.0473. The van der Waals surface area contributed by atoms with Gasteiger partial charge in [-0.05, 0) is 48.5 Å². The smallest absolute Gasteiger partial charge is 0.338 e. The second-order valence-electron chi connectivity index (χ2n) is 7.68. The fourth-order valence-electron chi connectivity index (χ4n) is 3.28. The standard InChI is InChI=1S/C25H22ClN3O4S/c1-28(2)34(31,32)23-14-10-19(11-15-23)25(30)33-17-20-16-29(22-6-4-3-5-7-22)27-24(20)18-8-12-21(26)13-9-18/h3-16H,17H2,1-2H3. The van der Waals surface area contributed by atoms with Crippen molar-refractivity contribution in [2.75, 3.05) is 14.1 Å². The molecule has 34 heavy (non-hydrogen) atoms. The molecule has 0 spiro atoms. The molecule has 4 rings (SSSR count). The Morgan fingerprint density at radius 1 is 0.971 bits per heavy atom. The first-order chi connectivity index (χ1) is 16.3. The highest BCUT2D eigenvalue weighted by Crippen LogP contribution is 2.26. The average molecular weight is 496 g/mol. The predicted octanol–water partition coefficient (Wildman–Crippen LogP) is 4.80. The number of benzene rings is 3. The molecule has 0 saturated heterocycles. The molecule has 0 unspecified atom stereocenters. The van der Waals surface area contributed by atoms with Gasteiger partial charge in [0.25, 0.3) is 0 Å². The van der Waals surface area contributed by atoms with Crippen LogP contribution in [-0.2, 0) is 21.4 Å². The molecular weight excluding hydrogens is 474 g/mol. The van der Waals surface area contributed by atoms with Gasteiger partial charge in [0.05, 0.1) is 21.8 Å². The monoisotopic (exact) mass is 495 g/mol. The van der Waals surface area contributed by atoms with Crippen LogP contribution in [0, 0.1) is 0 Å². The number of ether oxygens (including phenoxy) is 1. The molecule has 7 nitrogen and oxygen atoms in total. The van der Waals surface area contributed by atoms with Gasteiger partial charge in [0.1, 0.15) is 6.61 Å². The molecule has 0 radical (unpaired) electrons. The second kappa shape index (κ2) is 9.80. The summed E-state index contributed by atoms with van der Waals surface area (Å²) >= 11 is 6.03.